The summed E-state index contributed by atoms with van der Waals surface area (Å²) in [6.45, 7) is 12.0. The number of rotatable bonds is 7. The lowest BCUT2D eigenvalue weighted by Gasteiger charge is -2.17. The van der Waals surface area contributed by atoms with Gasteiger partial charge in [0.2, 0.25) is 5.91 Å². The number of anilines is 1. The van der Waals surface area contributed by atoms with Gasteiger partial charge in [0.15, 0.2) is 0 Å². The molecule has 0 atom stereocenters. The average Bonchev–Trinajstić information content (AvgIpc) is 3.73. The van der Waals surface area contributed by atoms with Crippen molar-refractivity contribution in [3.63, 3.8) is 0 Å². The van der Waals surface area contributed by atoms with E-state index in [4.69, 9.17) is 5.10 Å². The third-order valence-corrected chi connectivity index (χ3v) is 7.87. The van der Waals surface area contributed by atoms with E-state index in [9.17, 15) is 4.79 Å². The highest BCUT2D eigenvalue weighted by molar-refractivity contribution is 5.99. The highest BCUT2D eigenvalue weighted by atomic mass is 16.2. The highest BCUT2D eigenvalue weighted by Crippen LogP contribution is 2.37. The number of hydrogen-bond acceptors (Lipinski definition) is 4. The maximum absolute atomic E-state index is 12.4. The molecule has 1 saturated heterocycles. The van der Waals surface area contributed by atoms with Crippen LogP contribution in [-0.2, 0) is 17.9 Å². The van der Waals surface area contributed by atoms with Gasteiger partial charge in [-0.25, -0.2) is 4.98 Å². The van der Waals surface area contributed by atoms with Gasteiger partial charge in [-0.05, 0) is 73.8 Å². The number of nitrogens with zero attached hydrogens (tertiary/aromatic N) is 4. The molecule has 0 unspecified atom stereocenters. The van der Waals surface area contributed by atoms with Crippen LogP contribution in [0.2, 0.25) is 0 Å². The summed E-state index contributed by atoms with van der Waals surface area (Å²) in [4.78, 5) is 23.2. The van der Waals surface area contributed by atoms with E-state index >= 15 is 0 Å². The molecule has 0 bridgehead atoms. The van der Waals surface area contributed by atoms with E-state index in [-0.39, 0.29) is 5.91 Å². The second-order valence-corrected chi connectivity index (χ2v) is 12.0. The van der Waals surface area contributed by atoms with E-state index in [0.717, 1.165) is 63.5 Å². The number of hydrogen-bond donors (Lipinski definition) is 2. The van der Waals surface area contributed by atoms with Crippen molar-refractivity contribution in [1.29, 1.82) is 0 Å². The monoisotopic (exact) mass is 546 g/mol. The fourth-order valence-corrected chi connectivity index (χ4v) is 5.43. The molecule has 7 heteroatoms. The quantitative estimate of drug-likeness (QED) is 0.224. The Morgan fingerprint density at radius 2 is 1.66 bits per heavy atom. The molecular formula is C34H38N6O. The van der Waals surface area contributed by atoms with Crippen LogP contribution < -0.4 is 5.32 Å². The predicted molar refractivity (Wildman–Crippen MR) is 166 cm³/mol. The number of H-pyrrole nitrogens is 1. The van der Waals surface area contributed by atoms with Gasteiger partial charge >= 0.3 is 0 Å². The van der Waals surface area contributed by atoms with Gasteiger partial charge in [0.1, 0.15) is 11.3 Å². The van der Waals surface area contributed by atoms with Gasteiger partial charge in [0.05, 0.1) is 0 Å². The van der Waals surface area contributed by atoms with Crippen LogP contribution in [0, 0.1) is 5.41 Å². The van der Waals surface area contributed by atoms with E-state index in [1.165, 1.54) is 31.5 Å². The van der Waals surface area contributed by atoms with Crippen LogP contribution in [0.1, 0.15) is 46.1 Å². The molecule has 0 spiro atoms. The van der Waals surface area contributed by atoms with Gasteiger partial charge in [-0.2, -0.15) is 5.10 Å². The largest absolute Gasteiger partial charge is 0.339 e. The van der Waals surface area contributed by atoms with Crippen LogP contribution in [0.25, 0.3) is 44.7 Å². The molecule has 1 aliphatic rings. The minimum atomic E-state index is -0.455. The van der Waals surface area contributed by atoms with Crippen molar-refractivity contribution >= 4 is 22.6 Å². The standard InChI is InChI=1S/C34H38N6O/c1-5-40-22-29(31(38-40)25-12-14-26(15-13-25)36-33(41)34(2,3)4)27-16-17-35-32-28(27)20-30(37-32)24-10-8-23(9-11-24)21-39-18-6-7-19-39/h8-17,20,22H,5-7,18-19,21H2,1-4H3,(H,35,37)(H,36,41). The first-order valence-corrected chi connectivity index (χ1v) is 14.6. The summed E-state index contributed by atoms with van der Waals surface area (Å²) >= 11 is 0. The molecule has 1 aliphatic heterocycles. The zero-order valence-electron chi connectivity index (χ0n) is 24.4. The zero-order chi connectivity index (χ0) is 28.6. The Labute approximate surface area is 241 Å². The number of benzene rings is 2. The van der Waals surface area contributed by atoms with Crippen LogP contribution in [0.4, 0.5) is 5.69 Å². The minimum Gasteiger partial charge on any atom is -0.339 e. The van der Waals surface area contributed by atoms with Gasteiger partial charge in [-0.1, -0.05) is 57.2 Å². The van der Waals surface area contributed by atoms with Crippen molar-refractivity contribution in [1.82, 2.24) is 24.6 Å². The maximum Gasteiger partial charge on any atom is 0.229 e. The number of fused-ring (bicyclic) bond motifs is 1. The van der Waals surface area contributed by atoms with Crippen molar-refractivity contribution < 1.29 is 4.79 Å². The SMILES string of the molecule is CCn1cc(-c2ccnc3[nH]c(-c4ccc(CN5CCCC5)cc4)cc23)c(-c2ccc(NC(=O)C(C)(C)C)cc2)n1. The first-order valence-electron chi connectivity index (χ1n) is 14.6. The number of pyridine rings is 1. The third kappa shape index (κ3) is 5.68. The lowest BCUT2D eigenvalue weighted by atomic mass is 9.95. The normalized spacial score (nSPS) is 14.1. The smallest absolute Gasteiger partial charge is 0.229 e. The molecule has 1 fully saturated rings. The van der Waals surface area contributed by atoms with Gasteiger partial charge in [0.25, 0.3) is 0 Å². The Hall–Kier alpha value is -4.23. The molecule has 3 aromatic heterocycles. The fraction of sp³-hybridized carbons (Fsp3) is 0.324. The van der Waals surface area contributed by atoms with Crippen molar-refractivity contribution in [3.05, 3.63) is 78.6 Å². The molecule has 7 nitrogen and oxygen atoms in total. The van der Waals surface area contributed by atoms with E-state index in [1.54, 1.807) is 0 Å². The molecule has 5 aromatic rings. The molecular weight excluding hydrogens is 508 g/mol. The summed E-state index contributed by atoms with van der Waals surface area (Å²) in [6, 6.07) is 21.1. The first-order chi connectivity index (χ1) is 19.8. The van der Waals surface area contributed by atoms with E-state index in [2.05, 4.69) is 69.7 Å². The molecule has 0 saturated carbocycles. The topological polar surface area (TPSA) is 78.8 Å². The van der Waals surface area contributed by atoms with Gasteiger partial charge in [-0.3, -0.25) is 14.4 Å². The summed E-state index contributed by atoms with van der Waals surface area (Å²) in [6.07, 6.45) is 6.58. The molecule has 2 N–H and O–H groups in total. The van der Waals surface area contributed by atoms with Crippen LogP contribution >= 0.6 is 0 Å². The van der Waals surface area contributed by atoms with Crippen LogP contribution in [0.15, 0.2) is 73.1 Å². The molecule has 4 heterocycles. The predicted octanol–water partition coefficient (Wildman–Crippen LogP) is 7.36. The van der Waals surface area contributed by atoms with Crippen LogP contribution in [0.5, 0.6) is 0 Å². The first kappa shape index (κ1) is 27.0. The fourth-order valence-electron chi connectivity index (χ4n) is 5.43. The van der Waals surface area contributed by atoms with Gasteiger partial charge in [0, 0.05) is 58.8 Å². The molecule has 1 amide bonds. The van der Waals surface area contributed by atoms with Crippen LogP contribution in [0.3, 0.4) is 0 Å². The van der Waals surface area contributed by atoms with E-state index in [1.807, 2.05) is 55.9 Å². The van der Waals surface area contributed by atoms with Gasteiger partial charge < -0.3 is 10.3 Å². The molecule has 41 heavy (non-hydrogen) atoms. The van der Waals surface area contributed by atoms with Gasteiger partial charge in [-0.15, -0.1) is 0 Å². The Kier molecular flexibility index (Phi) is 7.22. The second kappa shape index (κ2) is 11.0. The molecule has 6 rings (SSSR count). The summed E-state index contributed by atoms with van der Waals surface area (Å²) in [5, 5.41) is 9.00. The molecule has 2 aromatic carbocycles. The summed E-state index contributed by atoms with van der Waals surface area (Å²) < 4.78 is 1.97. The molecule has 0 radical (unpaired) electrons. The van der Waals surface area contributed by atoms with Crippen molar-refractivity contribution in [2.24, 2.45) is 5.41 Å². The lowest BCUT2D eigenvalue weighted by Crippen LogP contribution is -2.27. The Bertz CT molecular complexity index is 1670. The number of aryl methyl sites for hydroxylation is 1. The number of carbonyl (C=O) groups is 1. The third-order valence-electron chi connectivity index (χ3n) is 7.87. The highest BCUT2D eigenvalue weighted by Gasteiger charge is 2.22. The van der Waals surface area contributed by atoms with Crippen molar-refractivity contribution in [3.8, 4) is 33.6 Å². The maximum atomic E-state index is 12.4. The Morgan fingerprint density at radius 1 is 0.951 bits per heavy atom. The van der Waals surface area contributed by atoms with E-state index in [0.29, 0.717) is 0 Å². The summed E-state index contributed by atoms with van der Waals surface area (Å²) in [7, 11) is 0. The molecule has 0 aliphatic carbocycles. The second-order valence-electron chi connectivity index (χ2n) is 12.0. The van der Waals surface area contributed by atoms with Crippen molar-refractivity contribution in [2.45, 2.75) is 53.6 Å². The Morgan fingerprint density at radius 3 is 2.34 bits per heavy atom. The molecule has 210 valence electrons. The van der Waals surface area contributed by atoms with E-state index < -0.39 is 5.41 Å². The average molecular weight is 547 g/mol. The Balaban J connectivity index is 1.31. The summed E-state index contributed by atoms with van der Waals surface area (Å²) in [5.74, 6) is -0.00938. The minimum absolute atomic E-state index is 0.00938. The van der Waals surface area contributed by atoms with Crippen LogP contribution in [-0.4, -0.2) is 43.6 Å². The number of aromatic nitrogens is 4. The van der Waals surface area contributed by atoms with Crippen molar-refractivity contribution in [2.75, 3.05) is 18.4 Å². The number of likely N-dealkylation sites (tertiary alicyclic amines) is 1. The lowest BCUT2D eigenvalue weighted by molar-refractivity contribution is -0.123. The zero-order valence-corrected chi connectivity index (χ0v) is 24.4. The number of carbonyl (C=O) groups excluding carboxylic acids is 1. The summed E-state index contributed by atoms with van der Waals surface area (Å²) in [5.41, 5.74) is 8.77. The number of aromatic amines is 1. The number of amides is 1. The number of nitrogens with one attached hydrogen (secondary N) is 2.